The topological polar surface area (TPSA) is 59.8 Å². The van der Waals surface area contributed by atoms with Gasteiger partial charge in [-0.05, 0) is 20.8 Å². The summed E-state index contributed by atoms with van der Waals surface area (Å²) in [6, 6.07) is 10.0. The molecule has 0 radical (unpaired) electrons. The first-order valence-electron chi connectivity index (χ1n) is 7.94. The number of carbonyl (C=O) groups excluding carboxylic acids is 1. The number of nitrogens with zero attached hydrogens (tertiary/aromatic N) is 3. The summed E-state index contributed by atoms with van der Waals surface area (Å²) in [5.41, 5.74) is 4.60. The van der Waals surface area contributed by atoms with Crippen molar-refractivity contribution in [3.63, 3.8) is 0 Å². The van der Waals surface area contributed by atoms with Crippen LogP contribution in [0.1, 0.15) is 18.3 Å². The van der Waals surface area contributed by atoms with E-state index in [0.717, 1.165) is 32.7 Å². The number of amides is 1. The van der Waals surface area contributed by atoms with Crippen molar-refractivity contribution >= 4 is 34.7 Å². The van der Waals surface area contributed by atoms with Gasteiger partial charge in [0.05, 0.1) is 28.0 Å². The van der Waals surface area contributed by atoms with Crippen LogP contribution in [-0.4, -0.2) is 25.9 Å². The van der Waals surface area contributed by atoms with Crippen molar-refractivity contribution in [1.82, 2.24) is 14.8 Å². The summed E-state index contributed by atoms with van der Waals surface area (Å²) >= 11 is 3.04. The number of nitrogens with one attached hydrogen (secondary N) is 1. The van der Waals surface area contributed by atoms with E-state index in [1.54, 1.807) is 16.0 Å². The molecule has 5 nitrogen and oxygen atoms in total. The maximum Gasteiger partial charge on any atom is 0.237 e. The smallest absolute Gasteiger partial charge is 0.237 e. The molecule has 130 valence electrons. The molecule has 3 aromatic rings. The van der Waals surface area contributed by atoms with Crippen LogP contribution in [0.25, 0.3) is 11.3 Å². The molecular formula is C18H20N4OS2. The lowest BCUT2D eigenvalue weighted by atomic mass is 10.2. The molecule has 0 bridgehead atoms. The van der Waals surface area contributed by atoms with Gasteiger partial charge in [0.2, 0.25) is 5.91 Å². The molecule has 1 N–H and O–H groups in total. The van der Waals surface area contributed by atoms with Crippen LogP contribution in [0.2, 0.25) is 0 Å². The number of aromatic nitrogens is 3. The largest absolute Gasteiger partial charge is 0.322 e. The molecule has 1 atom stereocenters. The van der Waals surface area contributed by atoms with E-state index in [9.17, 15) is 4.79 Å². The highest BCUT2D eigenvalue weighted by Crippen LogP contribution is 2.31. The third kappa shape index (κ3) is 3.93. The van der Waals surface area contributed by atoms with E-state index in [2.05, 4.69) is 15.4 Å². The Bertz CT molecular complexity index is 886. The average molecular weight is 373 g/mol. The van der Waals surface area contributed by atoms with Crippen molar-refractivity contribution in [3.8, 4) is 11.3 Å². The molecule has 0 spiro atoms. The Hall–Kier alpha value is -2.12. The zero-order chi connectivity index (χ0) is 18.0. The van der Waals surface area contributed by atoms with Crippen molar-refractivity contribution in [1.29, 1.82) is 0 Å². The predicted molar refractivity (Wildman–Crippen MR) is 104 cm³/mol. The van der Waals surface area contributed by atoms with Crippen LogP contribution >= 0.6 is 23.1 Å². The Labute approximate surface area is 155 Å². The highest BCUT2D eigenvalue weighted by molar-refractivity contribution is 8.02. The fourth-order valence-corrected chi connectivity index (χ4v) is 4.41. The summed E-state index contributed by atoms with van der Waals surface area (Å²) in [4.78, 5) is 17.1. The normalized spacial score (nSPS) is 12.2. The van der Waals surface area contributed by atoms with Crippen LogP contribution < -0.4 is 5.32 Å². The second-order valence-electron chi connectivity index (χ2n) is 5.78. The lowest BCUT2D eigenvalue weighted by Crippen LogP contribution is -2.23. The summed E-state index contributed by atoms with van der Waals surface area (Å²) in [5, 5.41) is 9.10. The van der Waals surface area contributed by atoms with E-state index in [-0.39, 0.29) is 11.2 Å². The summed E-state index contributed by atoms with van der Waals surface area (Å²) in [6.07, 6.45) is 0. The van der Waals surface area contributed by atoms with Crippen LogP contribution in [0.3, 0.4) is 0 Å². The van der Waals surface area contributed by atoms with E-state index in [1.165, 1.54) is 11.8 Å². The van der Waals surface area contributed by atoms with E-state index in [0.29, 0.717) is 0 Å². The Morgan fingerprint density at radius 2 is 2.00 bits per heavy atom. The second-order valence-corrected chi connectivity index (χ2v) is 8.23. The standard InChI is InChI=1S/C18H20N4OS2/c1-11-16(12(2)22(4)21-11)20-17(23)13(3)25-18-19-15(10-24-18)14-8-6-5-7-9-14/h5-10,13H,1-4H3,(H,20,23)/t13-/m0/s1. The number of rotatable bonds is 5. The molecule has 3 rings (SSSR count). The van der Waals surface area contributed by atoms with Crippen molar-refractivity contribution in [2.75, 3.05) is 5.32 Å². The molecule has 0 fully saturated rings. The Balaban J connectivity index is 1.67. The van der Waals surface area contributed by atoms with Gasteiger partial charge in [0, 0.05) is 18.0 Å². The summed E-state index contributed by atoms with van der Waals surface area (Å²) < 4.78 is 2.66. The van der Waals surface area contributed by atoms with Crippen LogP contribution in [0.4, 0.5) is 5.69 Å². The lowest BCUT2D eigenvalue weighted by Gasteiger charge is -2.10. The van der Waals surface area contributed by atoms with Gasteiger partial charge in [-0.1, -0.05) is 42.1 Å². The minimum Gasteiger partial charge on any atom is -0.322 e. The van der Waals surface area contributed by atoms with Gasteiger partial charge in [-0.3, -0.25) is 9.48 Å². The van der Waals surface area contributed by atoms with E-state index < -0.39 is 0 Å². The van der Waals surface area contributed by atoms with Gasteiger partial charge in [-0.15, -0.1) is 11.3 Å². The number of anilines is 1. The molecule has 0 aliphatic heterocycles. The molecular weight excluding hydrogens is 352 g/mol. The number of thioether (sulfide) groups is 1. The zero-order valence-electron chi connectivity index (χ0n) is 14.6. The second kappa shape index (κ2) is 7.41. The molecule has 0 unspecified atom stereocenters. The minimum absolute atomic E-state index is 0.0411. The van der Waals surface area contributed by atoms with Crippen LogP contribution in [0.5, 0.6) is 0 Å². The molecule has 0 saturated carbocycles. The number of hydrogen-bond acceptors (Lipinski definition) is 5. The molecule has 2 heterocycles. The fraction of sp³-hybridized carbons (Fsp3) is 0.278. The zero-order valence-corrected chi connectivity index (χ0v) is 16.2. The Kier molecular flexibility index (Phi) is 5.24. The summed E-state index contributed by atoms with van der Waals surface area (Å²) in [6.45, 7) is 5.73. The van der Waals surface area contributed by atoms with Crippen molar-refractivity contribution in [2.24, 2.45) is 7.05 Å². The van der Waals surface area contributed by atoms with E-state index in [4.69, 9.17) is 0 Å². The number of hydrogen-bond donors (Lipinski definition) is 1. The van der Waals surface area contributed by atoms with Crippen molar-refractivity contribution < 1.29 is 4.79 Å². The third-order valence-corrected chi connectivity index (χ3v) is 6.03. The average Bonchev–Trinajstić information content (AvgIpc) is 3.16. The first kappa shape index (κ1) is 17.7. The Morgan fingerprint density at radius 3 is 2.64 bits per heavy atom. The molecule has 1 aromatic carbocycles. The van der Waals surface area contributed by atoms with Crippen LogP contribution in [-0.2, 0) is 11.8 Å². The van der Waals surface area contributed by atoms with Crippen LogP contribution in [0.15, 0.2) is 40.1 Å². The molecule has 0 aliphatic carbocycles. The lowest BCUT2D eigenvalue weighted by molar-refractivity contribution is -0.115. The SMILES string of the molecule is Cc1nn(C)c(C)c1NC(=O)[C@H](C)Sc1nc(-c2ccccc2)cs1. The summed E-state index contributed by atoms with van der Waals surface area (Å²) in [5.74, 6) is -0.0411. The van der Waals surface area contributed by atoms with Gasteiger partial charge in [-0.25, -0.2) is 4.98 Å². The van der Waals surface area contributed by atoms with E-state index >= 15 is 0 Å². The highest BCUT2D eigenvalue weighted by Gasteiger charge is 2.20. The number of benzene rings is 1. The van der Waals surface area contributed by atoms with Gasteiger partial charge >= 0.3 is 0 Å². The first-order valence-corrected chi connectivity index (χ1v) is 9.70. The number of aryl methyl sites for hydroxylation is 2. The monoisotopic (exact) mass is 372 g/mol. The van der Waals surface area contributed by atoms with Gasteiger partial charge in [-0.2, -0.15) is 5.10 Å². The number of carbonyl (C=O) groups is 1. The minimum atomic E-state index is -0.242. The Morgan fingerprint density at radius 1 is 1.28 bits per heavy atom. The number of thiazole rings is 1. The quantitative estimate of drug-likeness (QED) is 0.679. The molecule has 2 aromatic heterocycles. The van der Waals surface area contributed by atoms with Gasteiger partial charge in [0.15, 0.2) is 4.34 Å². The maximum absolute atomic E-state index is 12.5. The molecule has 25 heavy (non-hydrogen) atoms. The predicted octanol–water partition coefficient (Wildman–Crippen LogP) is 4.28. The van der Waals surface area contributed by atoms with Crippen LogP contribution in [0, 0.1) is 13.8 Å². The maximum atomic E-state index is 12.5. The fourth-order valence-electron chi connectivity index (χ4n) is 2.44. The molecule has 0 aliphatic rings. The first-order chi connectivity index (χ1) is 12.0. The third-order valence-electron chi connectivity index (χ3n) is 3.96. The van der Waals surface area contributed by atoms with Gasteiger partial charge in [0.1, 0.15) is 0 Å². The summed E-state index contributed by atoms with van der Waals surface area (Å²) in [7, 11) is 1.87. The van der Waals surface area contributed by atoms with Gasteiger partial charge in [0.25, 0.3) is 0 Å². The van der Waals surface area contributed by atoms with Gasteiger partial charge < -0.3 is 5.32 Å². The van der Waals surface area contributed by atoms with E-state index in [1.807, 2.05) is 63.5 Å². The molecule has 1 amide bonds. The highest BCUT2D eigenvalue weighted by atomic mass is 32.2. The van der Waals surface area contributed by atoms with Crippen molar-refractivity contribution in [2.45, 2.75) is 30.4 Å². The molecule has 7 heteroatoms. The molecule has 0 saturated heterocycles. The van der Waals surface area contributed by atoms with Crippen molar-refractivity contribution in [3.05, 3.63) is 47.1 Å².